The van der Waals surface area contributed by atoms with Crippen molar-refractivity contribution in [3.63, 3.8) is 0 Å². The molecule has 1 amide bonds. The monoisotopic (exact) mass is 352 g/mol. The Morgan fingerprint density at radius 2 is 1.85 bits per heavy atom. The first-order chi connectivity index (χ1) is 9.58. The Hall–Kier alpha value is -1.52. The summed E-state index contributed by atoms with van der Waals surface area (Å²) in [5, 5.41) is 6.38. The van der Waals surface area contributed by atoms with Gasteiger partial charge in [-0.05, 0) is 46.6 Å². The minimum absolute atomic E-state index is 0.147. The zero-order valence-corrected chi connectivity index (χ0v) is 13.3. The molecule has 0 saturated heterocycles. The molecule has 2 N–H and O–H groups in total. The number of hydrogen-bond donors (Lipinski definition) is 2. The number of amides is 1. The minimum Gasteiger partial charge on any atom is -0.375 e. The van der Waals surface area contributed by atoms with E-state index in [1.807, 2.05) is 37.3 Å². The Morgan fingerprint density at radius 1 is 1.15 bits per heavy atom. The van der Waals surface area contributed by atoms with Gasteiger partial charge in [-0.15, -0.1) is 0 Å². The van der Waals surface area contributed by atoms with Gasteiger partial charge < -0.3 is 10.6 Å². The minimum atomic E-state index is -0.147. The molecule has 0 aliphatic rings. The van der Waals surface area contributed by atoms with Gasteiger partial charge >= 0.3 is 0 Å². The van der Waals surface area contributed by atoms with E-state index in [-0.39, 0.29) is 12.5 Å². The molecule has 2 rings (SSSR count). The number of hydrogen-bond acceptors (Lipinski definition) is 2. The Morgan fingerprint density at radius 3 is 2.60 bits per heavy atom. The molecule has 20 heavy (non-hydrogen) atoms. The summed E-state index contributed by atoms with van der Waals surface area (Å²) >= 11 is 9.48. The van der Waals surface area contributed by atoms with Gasteiger partial charge in [-0.1, -0.05) is 35.9 Å². The molecule has 5 heteroatoms. The van der Waals surface area contributed by atoms with Gasteiger partial charge in [0.1, 0.15) is 0 Å². The molecule has 0 unspecified atom stereocenters. The molecule has 0 aromatic heterocycles. The van der Waals surface area contributed by atoms with Gasteiger partial charge in [0.15, 0.2) is 0 Å². The highest BCUT2D eigenvalue weighted by Crippen LogP contribution is 2.25. The van der Waals surface area contributed by atoms with Crippen molar-refractivity contribution in [3.05, 3.63) is 57.5 Å². The number of carbonyl (C=O) groups is 1. The van der Waals surface area contributed by atoms with Crippen molar-refractivity contribution in [1.82, 2.24) is 0 Å². The lowest BCUT2D eigenvalue weighted by atomic mass is 10.2. The molecule has 0 aliphatic heterocycles. The summed E-state index contributed by atoms with van der Waals surface area (Å²) < 4.78 is 0.963. The van der Waals surface area contributed by atoms with Crippen LogP contribution in [0.5, 0.6) is 0 Å². The number of rotatable bonds is 4. The van der Waals surface area contributed by atoms with Crippen LogP contribution in [0.25, 0.3) is 0 Å². The van der Waals surface area contributed by atoms with Crippen LogP contribution in [0.2, 0.25) is 5.02 Å². The number of nitrogens with one attached hydrogen (secondary N) is 2. The summed E-state index contributed by atoms with van der Waals surface area (Å²) in [6.07, 6.45) is 0. The normalized spacial score (nSPS) is 10.2. The number of halogens is 2. The molecule has 2 aromatic carbocycles. The van der Waals surface area contributed by atoms with Crippen molar-refractivity contribution in [1.29, 1.82) is 0 Å². The molecular formula is C15H14BrClN2O. The van der Waals surface area contributed by atoms with Gasteiger partial charge in [0.05, 0.1) is 17.3 Å². The van der Waals surface area contributed by atoms with Crippen molar-refractivity contribution in [2.24, 2.45) is 0 Å². The zero-order valence-electron chi connectivity index (χ0n) is 10.9. The molecule has 0 saturated carbocycles. The fourth-order valence-corrected chi connectivity index (χ4v) is 2.30. The first-order valence-electron chi connectivity index (χ1n) is 6.11. The van der Waals surface area contributed by atoms with Crippen LogP contribution in [-0.2, 0) is 4.79 Å². The summed E-state index contributed by atoms with van der Waals surface area (Å²) in [6, 6.07) is 13.0. The quantitative estimate of drug-likeness (QED) is 0.852. The van der Waals surface area contributed by atoms with Gasteiger partial charge in [0.2, 0.25) is 5.91 Å². The van der Waals surface area contributed by atoms with Crippen LogP contribution in [0.1, 0.15) is 5.56 Å². The lowest BCUT2D eigenvalue weighted by Crippen LogP contribution is -2.22. The van der Waals surface area contributed by atoms with Crippen LogP contribution in [0, 0.1) is 6.92 Å². The van der Waals surface area contributed by atoms with Gasteiger partial charge in [-0.3, -0.25) is 4.79 Å². The number of para-hydroxylation sites is 1. The zero-order chi connectivity index (χ0) is 14.5. The third kappa shape index (κ3) is 3.74. The highest BCUT2D eigenvalue weighted by Gasteiger charge is 2.07. The van der Waals surface area contributed by atoms with E-state index in [2.05, 4.69) is 26.6 Å². The van der Waals surface area contributed by atoms with Crippen LogP contribution < -0.4 is 10.6 Å². The van der Waals surface area contributed by atoms with E-state index in [1.165, 1.54) is 0 Å². The Labute approximate surface area is 131 Å². The fourth-order valence-electron chi connectivity index (χ4n) is 1.72. The van der Waals surface area contributed by atoms with E-state index in [0.29, 0.717) is 10.7 Å². The molecular weight excluding hydrogens is 340 g/mol. The number of aryl methyl sites for hydroxylation is 1. The number of anilines is 2. The van der Waals surface area contributed by atoms with E-state index in [9.17, 15) is 4.79 Å². The molecule has 0 heterocycles. The Kier molecular flexibility index (Phi) is 5.04. The molecule has 0 atom stereocenters. The predicted octanol–water partition coefficient (Wildman–Crippen LogP) is 4.46. The Balaban J connectivity index is 1.96. The molecule has 2 aromatic rings. The van der Waals surface area contributed by atoms with E-state index < -0.39 is 0 Å². The molecule has 104 valence electrons. The van der Waals surface area contributed by atoms with Gasteiger partial charge in [0.25, 0.3) is 0 Å². The maximum atomic E-state index is 11.9. The lowest BCUT2D eigenvalue weighted by molar-refractivity contribution is -0.114. The second kappa shape index (κ2) is 6.77. The highest BCUT2D eigenvalue weighted by molar-refractivity contribution is 9.10. The van der Waals surface area contributed by atoms with Crippen molar-refractivity contribution >= 4 is 44.8 Å². The Bertz CT molecular complexity index is 631. The molecule has 0 radical (unpaired) electrons. The summed E-state index contributed by atoms with van der Waals surface area (Å²) in [5.41, 5.74) is 2.62. The maximum absolute atomic E-state index is 11.9. The van der Waals surface area contributed by atoms with Crippen LogP contribution in [0.3, 0.4) is 0 Å². The van der Waals surface area contributed by atoms with E-state index >= 15 is 0 Å². The first kappa shape index (κ1) is 14.9. The summed E-state index contributed by atoms with van der Waals surface area (Å²) in [6.45, 7) is 2.17. The summed E-state index contributed by atoms with van der Waals surface area (Å²) in [4.78, 5) is 11.9. The molecule has 0 bridgehead atoms. The predicted molar refractivity (Wildman–Crippen MR) is 87.5 cm³/mol. The van der Waals surface area contributed by atoms with Crippen molar-refractivity contribution < 1.29 is 4.79 Å². The van der Waals surface area contributed by atoms with Crippen molar-refractivity contribution in [3.8, 4) is 0 Å². The SMILES string of the molecule is Cc1cccc(NCC(=O)Nc2ccccc2Cl)c1Br. The average molecular weight is 354 g/mol. The van der Waals surface area contributed by atoms with Gasteiger partial charge in [-0.25, -0.2) is 0 Å². The topological polar surface area (TPSA) is 41.1 Å². The van der Waals surface area contributed by atoms with Crippen LogP contribution in [0.4, 0.5) is 11.4 Å². The number of benzene rings is 2. The summed E-state index contributed by atoms with van der Waals surface area (Å²) in [7, 11) is 0. The lowest BCUT2D eigenvalue weighted by Gasteiger charge is -2.11. The third-order valence-corrected chi connectivity index (χ3v) is 4.16. The molecule has 0 fully saturated rings. The van der Waals surface area contributed by atoms with E-state index in [1.54, 1.807) is 12.1 Å². The maximum Gasteiger partial charge on any atom is 0.243 e. The molecule has 0 spiro atoms. The van der Waals surface area contributed by atoms with Crippen molar-refractivity contribution in [2.75, 3.05) is 17.2 Å². The van der Waals surface area contributed by atoms with Crippen LogP contribution in [-0.4, -0.2) is 12.5 Å². The third-order valence-electron chi connectivity index (χ3n) is 2.78. The van der Waals surface area contributed by atoms with Gasteiger partial charge in [-0.2, -0.15) is 0 Å². The molecule has 3 nitrogen and oxygen atoms in total. The smallest absolute Gasteiger partial charge is 0.243 e. The van der Waals surface area contributed by atoms with Gasteiger partial charge in [0, 0.05) is 10.2 Å². The van der Waals surface area contributed by atoms with E-state index in [4.69, 9.17) is 11.6 Å². The second-order valence-electron chi connectivity index (χ2n) is 4.32. The second-order valence-corrected chi connectivity index (χ2v) is 5.52. The largest absolute Gasteiger partial charge is 0.375 e. The highest BCUT2D eigenvalue weighted by atomic mass is 79.9. The average Bonchev–Trinajstić information content (AvgIpc) is 2.43. The van der Waals surface area contributed by atoms with Crippen LogP contribution >= 0.6 is 27.5 Å². The standard InChI is InChI=1S/C15H14BrClN2O/c1-10-5-4-8-13(15(10)16)18-9-14(20)19-12-7-3-2-6-11(12)17/h2-8,18H,9H2,1H3,(H,19,20). The van der Waals surface area contributed by atoms with E-state index in [0.717, 1.165) is 15.7 Å². The number of carbonyl (C=O) groups excluding carboxylic acids is 1. The van der Waals surface area contributed by atoms with Crippen LogP contribution in [0.15, 0.2) is 46.9 Å². The van der Waals surface area contributed by atoms with Crippen molar-refractivity contribution in [2.45, 2.75) is 6.92 Å². The fraction of sp³-hybridized carbons (Fsp3) is 0.133. The first-order valence-corrected chi connectivity index (χ1v) is 7.28. The molecule has 0 aliphatic carbocycles. The summed E-state index contributed by atoms with van der Waals surface area (Å²) in [5.74, 6) is -0.147.